The first-order valence-corrected chi connectivity index (χ1v) is 6.32. The first kappa shape index (κ1) is 14.2. The lowest BCUT2D eigenvalue weighted by molar-refractivity contribution is 0.129. The minimum atomic E-state index is -0.338. The predicted octanol–water partition coefficient (Wildman–Crippen LogP) is 3.00. The molecule has 1 aromatic carbocycles. The number of benzene rings is 1. The normalized spacial score (nSPS) is 12.2. The Morgan fingerprint density at radius 3 is 2.90 bits per heavy atom. The van der Waals surface area contributed by atoms with Crippen LogP contribution in [0.5, 0.6) is 0 Å². The van der Waals surface area contributed by atoms with Crippen LogP contribution in [0.2, 0.25) is 0 Å². The van der Waals surface area contributed by atoms with Crippen LogP contribution in [0.4, 0.5) is 10.1 Å². The highest BCUT2D eigenvalue weighted by Crippen LogP contribution is 2.28. The molecule has 0 amide bonds. The maximum Gasteiger partial charge on any atom is 0.124 e. The van der Waals surface area contributed by atoms with Crippen LogP contribution < -0.4 is 5.32 Å². The van der Waals surface area contributed by atoms with Gasteiger partial charge in [-0.05, 0) is 31.5 Å². The van der Waals surface area contributed by atoms with Gasteiger partial charge in [-0.15, -0.1) is 0 Å². The summed E-state index contributed by atoms with van der Waals surface area (Å²) in [4.78, 5) is 4.24. The molecule has 2 rings (SSSR count). The molecule has 1 heterocycles. The van der Waals surface area contributed by atoms with Crippen molar-refractivity contribution < 1.29 is 9.13 Å². The van der Waals surface area contributed by atoms with Gasteiger partial charge in [0, 0.05) is 25.2 Å². The molecular weight excluding hydrogens is 257 g/mol. The van der Waals surface area contributed by atoms with Crippen molar-refractivity contribution in [2.24, 2.45) is 0 Å². The van der Waals surface area contributed by atoms with Crippen molar-refractivity contribution in [3.05, 3.63) is 35.3 Å². The Hall–Kier alpha value is -2.19. The average Bonchev–Trinajstić information content (AvgIpc) is 2.43. The Bertz CT molecular complexity index is 679. The fourth-order valence-electron chi connectivity index (χ4n) is 2.04. The van der Waals surface area contributed by atoms with Gasteiger partial charge in [0.2, 0.25) is 0 Å². The van der Waals surface area contributed by atoms with Gasteiger partial charge in [-0.1, -0.05) is 0 Å². The van der Waals surface area contributed by atoms with Crippen LogP contribution in [0.15, 0.2) is 18.3 Å². The lowest BCUT2D eigenvalue weighted by Crippen LogP contribution is -2.19. The maximum absolute atomic E-state index is 13.6. The molecule has 0 spiro atoms. The van der Waals surface area contributed by atoms with Crippen molar-refractivity contribution >= 4 is 16.6 Å². The highest BCUT2D eigenvalue weighted by atomic mass is 19.1. The second-order valence-corrected chi connectivity index (χ2v) is 4.70. The Morgan fingerprint density at radius 1 is 1.50 bits per heavy atom. The highest BCUT2D eigenvalue weighted by molar-refractivity contribution is 5.95. The van der Waals surface area contributed by atoms with Gasteiger partial charge in [-0.25, -0.2) is 4.39 Å². The molecule has 0 aliphatic heterocycles. The fourth-order valence-corrected chi connectivity index (χ4v) is 2.04. The van der Waals surface area contributed by atoms with Gasteiger partial charge in [0.25, 0.3) is 0 Å². The minimum absolute atomic E-state index is 0.0144. The number of ether oxygens (including phenoxy) is 1. The smallest absolute Gasteiger partial charge is 0.124 e. The number of methoxy groups -OCH3 is 1. The quantitative estimate of drug-likeness (QED) is 0.930. The summed E-state index contributed by atoms with van der Waals surface area (Å²) < 4.78 is 18.8. The van der Waals surface area contributed by atoms with E-state index in [1.807, 2.05) is 6.92 Å². The van der Waals surface area contributed by atoms with Gasteiger partial charge in [0.1, 0.15) is 11.9 Å². The number of halogens is 1. The number of aromatic nitrogens is 1. The van der Waals surface area contributed by atoms with Gasteiger partial charge in [0.05, 0.1) is 22.9 Å². The highest BCUT2D eigenvalue weighted by Gasteiger charge is 2.12. The Labute approximate surface area is 117 Å². The number of aryl methyl sites for hydroxylation is 1. The second kappa shape index (κ2) is 5.85. The van der Waals surface area contributed by atoms with Gasteiger partial charge in [-0.2, -0.15) is 5.26 Å². The topological polar surface area (TPSA) is 57.9 Å². The molecule has 0 radical (unpaired) electrons. The van der Waals surface area contributed by atoms with Gasteiger partial charge >= 0.3 is 0 Å². The summed E-state index contributed by atoms with van der Waals surface area (Å²) in [7, 11) is 1.62. The molecule has 0 fully saturated rings. The third-order valence-corrected chi connectivity index (χ3v) is 3.22. The number of hydrogen-bond acceptors (Lipinski definition) is 4. The van der Waals surface area contributed by atoms with E-state index < -0.39 is 0 Å². The second-order valence-electron chi connectivity index (χ2n) is 4.70. The summed E-state index contributed by atoms with van der Waals surface area (Å²) in [5, 5.41) is 13.0. The fraction of sp³-hybridized carbons (Fsp3) is 0.333. The van der Waals surface area contributed by atoms with E-state index in [1.165, 1.54) is 18.3 Å². The maximum atomic E-state index is 13.6. The summed E-state index contributed by atoms with van der Waals surface area (Å²) in [6.45, 7) is 4.24. The van der Waals surface area contributed by atoms with Crippen LogP contribution in [0.3, 0.4) is 0 Å². The lowest BCUT2D eigenvalue weighted by atomic mass is 10.1. The van der Waals surface area contributed by atoms with Gasteiger partial charge in [-0.3, -0.25) is 4.98 Å². The monoisotopic (exact) mass is 273 g/mol. The molecule has 0 aliphatic carbocycles. The molecule has 2 aromatic rings. The Morgan fingerprint density at radius 2 is 2.25 bits per heavy atom. The van der Waals surface area contributed by atoms with Crippen molar-refractivity contribution in [3.8, 4) is 6.07 Å². The van der Waals surface area contributed by atoms with Crippen LogP contribution in [-0.4, -0.2) is 24.7 Å². The first-order valence-electron chi connectivity index (χ1n) is 6.32. The predicted molar refractivity (Wildman–Crippen MR) is 76.1 cm³/mol. The van der Waals surface area contributed by atoms with Crippen LogP contribution in [0.1, 0.15) is 18.1 Å². The van der Waals surface area contributed by atoms with E-state index in [-0.39, 0.29) is 11.9 Å². The largest absolute Gasteiger partial charge is 0.381 e. The minimum Gasteiger partial charge on any atom is -0.381 e. The molecule has 0 saturated carbocycles. The van der Waals surface area contributed by atoms with Crippen LogP contribution in [-0.2, 0) is 4.74 Å². The SMILES string of the molecule is COC(C)CNc1c(C#N)cnc2c(C)cc(F)cc12. The number of nitrogens with one attached hydrogen (secondary N) is 1. The van der Waals surface area contributed by atoms with Crippen molar-refractivity contribution in [2.75, 3.05) is 19.0 Å². The molecule has 20 heavy (non-hydrogen) atoms. The van der Waals surface area contributed by atoms with Crippen LogP contribution in [0.25, 0.3) is 10.9 Å². The standard InChI is InChI=1S/C15H16FN3O/c1-9-4-12(16)5-13-14(9)19-8-11(6-17)15(13)18-7-10(2)20-3/h4-5,8,10H,7H2,1-3H3,(H,18,19). The average molecular weight is 273 g/mol. The lowest BCUT2D eigenvalue weighted by Gasteiger charge is -2.15. The molecular formula is C15H16FN3O. The number of pyridine rings is 1. The van der Waals surface area contributed by atoms with Crippen molar-refractivity contribution in [2.45, 2.75) is 20.0 Å². The van der Waals surface area contributed by atoms with E-state index >= 15 is 0 Å². The van der Waals surface area contributed by atoms with E-state index in [0.29, 0.717) is 28.7 Å². The summed E-state index contributed by atoms with van der Waals surface area (Å²) in [5.41, 5.74) is 2.43. The molecule has 0 saturated heterocycles. The zero-order valence-corrected chi connectivity index (χ0v) is 11.7. The molecule has 104 valence electrons. The molecule has 4 nitrogen and oxygen atoms in total. The molecule has 0 aliphatic rings. The third-order valence-electron chi connectivity index (χ3n) is 3.22. The van der Waals surface area contributed by atoms with E-state index in [4.69, 9.17) is 4.74 Å². The molecule has 1 N–H and O–H groups in total. The Kier molecular flexibility index (Phi) is 4.16. The van der Waals surface area contributed by atoms with E-state index in [0.717, 1.165) is 5.56 Å². The van der Waals surface area contributed by atoms with E-state index in [9.17, 15) is 9.65 Å². The molecule has 1 unspecified atom stereocenters. The number of hydrogen-bond donors (Lipinski definition) is 1. The molecule has 1 atom stereocenters. The van der Waals surface area contributed by atoms with Crippen LogP contribution in [0, 0.1) is 24.1 Å². The van der Waals surface area contributed by atoms with Crippen LogP contribution >= 0.6 is 0 Å². The number of fused-ring (bicyclic) bond motifs is 1. The van der Waals surface area contributed by atoms with E-state index in [1.54, 1.807) is 14.0 Å². The summed E-state index contributed by atoms with van der Waals surface area (Å²) in [6.07, 6.45) is 1.49. The number of rotatable bonds is 4. The van der Waals surface area contributed by atoms with Crippen molar-refractivity contribution in [3.63, 3.8) is 0 Å². The molecule has 1 aromatic heterocycles. The Balaban J connectivity index is 2.56. The molecule has 5 heteroatoms. The van der Waals surface area contributed by atoms with E-state index in [2.05, 4.69) is 16.4 Å². The van der Waals surface area contributed by atoms with Gasteiger partial charge in [0.15, 0.2) is 0 Å². The van der Waals surface area contributed by atoms with Gasteiger partial charge < -0.3 is 10.1 Å². The summed E-state index contributed by atoms with van der Waals surface area (Å²) >= 11 is 0. The first-order chi connectivity index (χ1) is 9.56. The van der Waals surface area contributed by atoms with Crippen molar-refractivity contribution in [1.29, 1.82) is 5.26 Å². The number of nitriles is 1. The molecule has 0 bridgehead atoms. The van der Waals surface area contributed by atoms with Crippen molar-refractivity contribution in [1.82, 2.24) is 4.98 Å². The summed E-state index contributed by atoms with van der Waals surface area (Å²) in [5.74, 6) is -0.338. The number of anilines is 1. The zero-order valence-electron chi connectivity index (χ0n) is 11.7. The number of nitrogens with zero attached hydrogens (tertiary/aromatic N) is 2. The summed E-state index contributed by atoms with van der Waals surface area (Å²) in [6, 6.07) is 4.91. The zero-order chi connectivity index (χ0) is 14.7. The third kappa shape index (κ3) is 2.70.